The first-order valence-corrected chi connectivity index (χ1v) is 10.5. The first kappa shape index (κ1) is 24.6. The molecule has 7 heteroatoms. The molecule has 0 bridgehead atoms. The third-order valence-corrected chi connectivity index (χ3v) is 4.99. The van der Waals surface area contributed by atoms with Gasteiger partial charge in [0.2, 0.25) is 0 Å². The molecule has 0 radical (unpaired) electrons. The molecule has 0 amide bonds. The summed E-state index contributed by atoms with van der Waals surface area (Å²) in [7, 11) is 0. The Labute approximate surface area is 160 Å². The highest BCUT2D eigenvalue weighted by Gasteiger charge is 2.56. The number of alkyl halides is 5. The Bertz CT molecular complexity index is 355. The Balaban J connectivity index is 1.75. The van der Waals surface area contributed by atoms with E-state index < -0.39 is 18.5 Å². The summed E-state index contributed by atoms with van der Waals surface area (Å²) in [6, 6.07) is 0. The van der Waals surface area contributed by atoms with Crippen molar-refractivity contribution in [2.75, 3.05) is 13.2 Å². The molecule has 162 valence electrons. The van der Waals surface area contributed by atoms with Crippen LogP contribution in [-0.4, -0.2) is 31.6 Å². The van der Waals surface area contributed by atoms with Crippen molar-refractivity contribution in [2.24, 2.45) is 0 Å². The summed E-state index contributed by atoms with van der Waals surface area (Å²) in [5.41, 5.74) is 0. The fourth-order valence-corrected chi connectivity index (χ4v) is 3.25. The lowest BCUT2D eigenvalue weighted by molar-refractivity contribution is -0.284. The maximum atomic E-state index is 12.7. The van der Waals surface area contributed by atoms with Crippen molar-refractivity contribution in [3.63, 3.8) is 0 Å². The quantitative estimate of drug-likeness (QED) is 0.198. The smallest absolute Gasteiger partial charge is 0.353 e. The molecule has 1 saturated heterocycles. The summed E-state index contributed by atoms with van der Waals surface area (Å²) < 4.78 is 72.4. The molecule has 27 heavy (non-hydrogen) atoms. The number of hydrogen-bond donors (Lipinski definition) is 0. The van der Waals surface area contributed by atoms with Gasteiger partial charge in [-0.1, -0.05) is 64.2 Å². The van der Waals surface area contributed by atoms with Crippen LogP contribution in [0.4, 0.5) is 22.0 Å². The molecule has 0 aromatic heterocycles. The number of rotatable bonds is 16. The summed E-state index contributed by atoms with van der Waals surface area (Å²) in [6.07, 6.45) is 6.84. The van der Waals surface area contributed by atoms with Gasteiger partial charge in [0.05, 0.1) is 0 Å². The zero-order chi connectivity index (χ0) is 20.0. The van der Waals surface area contributed by atoms with Crippen molar-refractivity contribution in [1.29, 1.82) is 0 Å². The van der Waals surface area contributed by atoms with Gasteiger partial charge in [0.25, 0.3) is 0 Å². The van der Waals surface area contributed by atoms with Crippen LogP contribution in [0.25, 0.3) is 0 Å². The number of hydrogen-bond acceptors (Lipinski definition) is 2. The zero-order valence-corrected chi connectivity index (χ0v) is 16.3. The highest BCUT2D eigenvalue weighted by molar-refractivity contribution is 4.75. The van der Waals surface area contributed by atoms with Crippen LogP contribution in [0, 0.1) is 0 Å². The van der Waals surface area contributed by atoms with Gasteiger partial charge in [-0.15, -0.1) is 0 Å². The molecule has 0 N–H and O–H groups in total. The molecule has 1 fully saturated rings. The minimum absolute atomic E-state index is 0.0196. The Hall–Kier alpha value is -0.430. The van der Waals surface area contributed by atoms with Gasteiger partial charge in [-0.3, -0.25) is 0 Å². The molecule has 0 aromatic rings. The average molecular weight is 402 g/mol. The molecule has 0 spiro atoms. The molecule has 1 unspecified atom stereocenters. The van der Waals surface area contributed by atoms with Crippen LogP contribution in [0.5, 0.6) is 0 Å². The number of halogens is 5. The second-order valence-corrected chi connectivity index (χ2v) is 7.51. The van der Waals surface area contributed by atoms with Gasteiger partial charge in [-0.2, -0.15) is 22.0 Å². The molecule has 2 nitrogen and oxygen atoms in total. The normalized spacial score (nSPS) is 18.3. The first-order valence-electron chi connectivity index (χ1n) is 10.5. The molecule has 1 rings (SSSR count). The van der Waals surface area contributed by atoms with E-state index in [1.807, 2.05) is 0 Å². The van der Waals surface area contributed by atoms with Crippen LogP contribution in [0.2, 0.25) is 0 Å². The van der Waals surface area contributed by atoms with Crippen molar-refractivity contribution in [3.05, 3.63) is 0 Å². The minimum Gasteiger partial charge on any atom is -0.353 e. The summed E-state index contributed by atoms with van der Waals surface area (Å²) in [6.45, 7) is 1.60. The van der Waals surface area contributed by atoms with Crippen molar-refractivity contribution < 1.29 is 31.4 Å². The Kier molecular flexibility index (Phi) is 12.5. The molecular formula is C20H35F5O2. The van der Waals surface area contributed by atoms with Crippen LogP contribution in [0.1, 0.15) is 96.3 Å². The topological polar surface area (TPSA) is 18.5 Å². The highest BCUT2D eigenvalue weighted by Crippen LogP contribution is 2.39. The molecule has 0 aromatic carbocycles. The van der Waals surface area contributed by atoms with Gasteiger partial charge in [0.15, 0.2) is 6.29 Å². The fraction of sp³-hybridized carbons (Fsp3) is 1.00. The van der Waals surface area contributed by atoms with Crippen molar-refractivity contribution >= 4 is 0 Å². The van der Waals surface area contributed by atoms with Gasteiger partial charge >= 0.3 is 12.1 Å². The summed E-state index contributed by atoms with van der Waals surface area (Å²) >= 11 is 0. The summed E-state index contributed by atoms with van der Waals surface area (Å²) in [5.74, 6) is -4.54. The summed E-state index contributed by atoms with van der Waals surface area (Å²) in [5, 5.41) is 0. The number of unbranched alkanes of at least 4 members (excludes halogenated alkanes) is 11. The first-order chi connectivity index (χ1) is 12.8. The molecule has 1 heterocycles. The molecular weight excluding hydrogens is 367 g/mol. The van der Waals surface area contributed by atoms with Crippen LogP contribution in [0.3, 0.4) is 0 Å². The van der Waals surface area contributed by atoms with E-state index in [0.29, 0.717) is 6.42 Å². The lowest BCUT2D eigenvalue weighted by Gasteiger charge is -2.19. The van der Waals surface area contributed by atoms with E-state index in [2.05, 4.69) is 0 Å². The van der Waals surface area contributed by atoms with E-state index in [4.69, 9.17) is 9.47 Å². The average Bonchev–Trinajstić information content (AvgIpc) is 3.10. The molecule has 0 saturated carbocycles. The predicted octanol–water partition coefficient (Wildman–Crippen LogP) is 7.41. The predicted molar refractivity (Wildman–Crippen MR) is 95.9 cm³/mol. The van der Waals surface area contributed by atoms with E-state index in [0.717, 1.165) is 58.2 Å². The second-order valence-electron chi connectivity index (χ2n) is 7.51. The van der Waals surface area contributed by atoms with E-state index in [1.165, 1.54) is 32.1 Å². The van der Waals surface area contributed by atoms with Crippen LogP contribution in [0.15, 0.2) is 0 Å². The van der Waals surface area contributed by atoms with Gasteiger partial charge in [0.1, 0.15) is 0 Å². The van der Waals surface area contributed by atoms with Crippen molar-refractivity contribution in [1.82, 2.24) is 0 Å². The zero-order valence-electron chi connectivity index (χ0n) is 16.3. The van der Waals surface area contributed by atoms with E-state index in [-0.39, 0.29) is 12.7 Å². The van der Waals surface area contributed by atoms with E-state index in [9.17, 15) is 22.0 Å². The van der Waals surface area contributed by atoms with Crippen LogP contribution < -0.4 is 0 Å². The third kappa shape index (κ3) is 11.9. The van der Waals surface area contributed by atoms with Crippen molar-refractivity contribution in [3.8, 4) is 0 Å². The number of ether oxygens (including phenoxy) is 2. The third-order valence-electron chi connectivity index (χ3n) is 4.99. The molecule has 1 aliphatic rings. The SMILES string of the molecule is FC(F)(F)C(F)(F)CCCCCCCCCCCCCCOC1CCCO1. The largest absolute Gasteiger partial charge is 0.453 e. The lowest BCUT2D eigenvalue weighted by atomic mass is 10.0. The van der Waals surface area contributed by atoms with Gasteiger partial charge in [0, 0.05) is 26.1 Å². The Morgan fingerprint density at radius 1 is 0.704 bits per heavy atom. The fourth-order valence-electron chi connectivity index (χ4n) is 3.25. The van der Waals surface area contributed by atoms with Crippen LogP contribution >= 0.6 is 0 Å². The standard InChI is InChI=1S/C20H35F5O2/c21-19(22,20(23,24)25)15-11-9-7-5-3-1-2-4-6-8-10-12-16-26-18-14-13-17-27-18/h18H,1-17H2. The maximum absolute atomic E-state index is 12.7. The minimum atomic E-state index is -5.41. The highest BCUT2D eigenvalue weighted by atomic mass is 19.4. The molecule has 0 aliphatic carbocycles. The lowest BCUT2D eigenvalue weighted by Crippen LogP contribution is -2.36. The molecule has 1 atom stereocenters. The summed E-state index contributed by atoms with van der Waals surface area (Å²) in [4.78, 5) is 0. The maximum Gasteiger partial charge on any atom is 0.453 e. The second kappa shape index (κ2) is 13.7. The van der Waals surface area contributed by atoms with Crippen LogP contribution in [-0.2, 0) is 9.47 Å². The Morgan fingerprint density at radius 3 is 1.63 bits per heavy atom. The van der Waals surface area contributed by atoms with Crippen molar-refractivity contribution in [2.45, 2.75) is 115 Å². The van der Waals surface area contributed by atoms with E-state index >= 15 is 0 Å². The van der Waals surface area contributed by atoms with Gasteiger partial charge < -0.3 is 9.47 Å². The van der Waals surface area contributed by atoms with E-state index in [1.54, 1.807) is 0 Å². The molecule has 1 aliphatic heterocycles. The Morgan fingerprint density at radius 2 is 1.19 bits per heavy atom. The monoisotopic (exact) mass is 402 g/mol. The van der Waals surface area contributed by atoms with Gasteiger partial charge in [-0.25, -0.2) is 0 Å². The van der Waals surface area contributed by atoms with Gasteiger partial charge in [-0.05, 0) is 19.3 Å².